The summed E-state index contributed by atoms with van der Waals surface area (Å²) in [4.78, 5) is 11.5. The van der Waals surface area contributed by atoms with Crippen molar-refractivity contribution in [2.24, 2.45) is 0 Å². The molecule has 0 saturated carbocycles. The van der Waals surface area contributed by atoms with Crippen LogP contribution in [0.3, 0.4) is 0 Å². The first-order chi connectivity index (χ1) is 9.40. The Morgan fingerprint density at radius 1 is 1.35 bits per heavy atom. The van der Waals surface area contributed by atoms with Crippen molar-refractivity contribution in [3.8, 4) is 0 Å². The highest BCUT2D eigenvalue weighted by Crippen LogP contribution is 2.22. The molecule has 110 valence electrons. The van der Waals surface area contributed by atoms with Gasteiger partial charge in [-0.3, -0.25) is 4.79 Å². The maximum atomic E-state index is 12.9. The molecule has 1 aliphatic heterocycles. The van der Waals surface area contributed by atoms with E-state index in [1.165, 1.54) is 0 Å². The lowest BCUT2D eigenvalue weighted by molar-refractivity contribution is -0.122. The number of carbonyl (C=O) groups excluding carboxylic acids is 1. The molecule has 2 N–H and O–H groups in total. The molecule has 1 aromatic carbocycles. The summed E-state index contributed by atoms with van der Waals surface area (Å²) in [7, 11) is -3.97. The maximum Gasteiger partial charge on any atom is 0.242 e. The number of hydrogen-bond donors (Lipinski definition) is 2. The van der Waals surface area contributed by atoms with E-state index < -0.39 is 21.9 Å². The minimum atomic E-state index is -3.97. The van der Waals surface area contributed by atoms with Crippen LogP contribution >= 0.6 is 11.6 Å². The summed E-state index contributed by atoms with van der Waals surface area (Å²) in [6.07, 6.45) is 1.97. The zero-order chi connectivity index (χ0) is 14.8. The molecule has 20 heavy (non-hydrogen) atoms. The predicted octanol–water partition coefficient (Wildman–Crippen LogP) is 1.43. The number of benzene rings is 1. The molecule has 2 rings (SSSR count). The number of hydrogen-bond acceptors (Lipinski definition) is 3. The van der Waals surface area contributed by atoms with Gasteiger partial charge in [-0.25, -0.2) is 12.8 Å². The zero-order valence-electron chi connectivity index (χ0n) is 10.5. The van der Waals surface area contributed by atoms with Gasteiger partial charge in [0.15, 0.2) is 0 Å². The second-order valence-electron chi connectivity index (χ2n) is 4.54. The Morgan fingerprint density at radius 2 is 2.10 bits per heavy atom. The second-order valence-corrected chi connectivity index (χ2v) is 6.63. The van der Waals surface area contributed by atoms with Crippen LogP contribution in [-0.2, 0) is 14.8 Å². The number of sulfonamides is 1. The molecule has 0 aromatic heterocycles. The van der Waals surface area contributed by atoms with Gasteiger partial charge < -0.3 is 5.32 Å². The molecule has 0 unspecified atom stereocenters. The summed E-state index contributed by atoms with van der Waals surface area (Å²) >= 11 is 5.74. The molecule has 0 bridgehead atoms. The predicted molar refractivity (Wildman–Crippen MR) is 72.4 cm³/mol. The van der Waals surface area contributed by atoms with Crippen LogP contribution in [0.25, 0.3) is 0 Å². The molecule has 1 amide bonds. The molecule has 5 nitrogen and oxygen atoms in total. The summed E-state index contributed by atoms with van der Waals surface area (Å²) in [6, 6.07) is 2.18. The van der Waals surface area contributed by atoms with E-state index in [2.05, 4.69) is 10.0 Å². The standard InChI is InChI=1S/C12H14ClFN2O3S/c13-9-7-8(14)4-5-11(9)20(18,19)16-10-3-1-2-6-15-12(10)17/h4-5,7,10,16H,1-3,6H2,(H,15,17)/t10-/m0/s1. The Kier molecular flexibility index (Phi) is 4.62. The van der Waals surface area contributed by atoms with E-state index in [0.29, 0.717) is 13.0 Å². The summed E-state index contributed by atoms with van der Waals surface area (Å²) in [5.74, 6) is -0.981. The third kappa shape index (κ3) is 3.47. The highest BCUT2D eigenvalue weighted by atomic mass is 35.5. The van der Waals surface area contributed by atoms with Crippen LogP contribution in [0.15, 0.2) is 23.1 Å². The van der Waals surface area contributed by atoms with Crippen LogP contribution in [-0.4, -0.2) is 26.9 Å². The summed E-state index contributed by atoms with van der Waals surface area (Å²) in [6.45, 7) is 0.536. The van der Waals surface area contributed by atoms with Gasteiger partial charge in [0.25, 0.3) is 0 Å². The Hall–Kier alpha value is -1.18. The molecule has 1 aliphatic rings. The zero-order valence-corrected chi connectivity index (χ0v) is 12.1. The first kappa shape index (κ1) is 15.2. The molecule has 1 heterocycles. The molecule has 8 heteroatoms. The van der Waals surface area contributed by atoms with Crippen LogP contribution in [0, 0.1) is 5.82 Å². The van der Waals surface area contributed by atoms with Crippen molar-refractivity contribution in [3.63, 3.8) is 0 Å². The van der Waals surface area contributed by atoms with Crippen molar-refractivity contribution in [2.45, 2.75) is 30.2 Å². The van der Waals surface area contributed by atoms with E-state index in [1.54, 1.807) is 0 Å². The monoisotopic (exact) mass is 320 g/mol. The molecule has 1 saturated heterocycles. The first-order valence-electron chi connectivity index (χ1n) is 6.15. The average molecular weight is 321 g/mol. The van der Waals surface area contributed by atoms with Crippen LogP contribution in [0.5, 0.6) is 0 Å². The van der Waals surface area contributed by atoms with Crippen LogP contribution in [0.1, 0.15) is 19.3 Å². The summed E-state index contributed by atoms with van der Waals surface area (Å²) < 4.78 is 39.6. The van der Waals surface area contributed by atoms with Gasteiger partial charge in [0.2, 0.25) is 15.9 Å². The molecular formula is C12H14ClFN2O3S. The van der Waals surface area contributed by atoms with Gasteiger partial charge in [0.1, 0.15) is 16.8 Å². The topological polar surface area (TPSA) is 75.3 Å². The maximum absolute atomic E-state index is 12.9. The van der Waals surface area contributed by atoms with Crippen molar-refractivity contribution in [3.05, 3.63) is 29.0 Å². The second kappa shape index (κ2) is 6.07. The number of rotatable bonds is 3. The molecule has 1 aromatic rings. The highest BCUT2D eigenvalue weighted by molar-refractivity contribution is 7.89. The Balaban J connectivity index is 2.24. The fourth-order valence-electron chi connectivity index (χ4n) is 2.00. The van der Waals surface area contributed by atoms with Crippen LogP contribution < -0.4 is 10.0 Å². The van der Waals surface area contributed by atoms with E-state index in [-0.39, 0.29) is 15.8 Å². The number of nitrogens with one attached hydrogen (secondary N) is 2. The van der Waals surface area contributed by atoms with Crippen molar-refractivity contribution in [1.29, 1.82) is 0 Å². The number of carbonyl (C=O) groups is 1. The quantitative estimate of drug-likeness (QED) is 0.884. The average Bonchev–Trinajstić information content (AvgIpc) is 2.54. The van der Waals surface area contributed by atoms with Gasteiger partial charge in [0.05, 0.1) is 5.02 Å². The third-order valence-corrected chi connectivity index (χ3v) is 4.97. The van der Waals surface area contributed by atoms with Crippen molar-refractivity contribution in [1.82, 2.24) is 10.0 Å². The van der Waals surface area contributed by atoms with E-state index in [9.17, 15) is 17.6 Å². The van der Waals surface area contributed by atoms with E-state index in [4.69, 9.17) is 11.6 Å². The molecule has 1 fully saturated rings. The first-order valence-corrected chi connectivity index (χ1v) is 8.01. The minimum Gasteiger partial charge on any atom is -0.355 e. The lowest BCUT2D eigenvalue weighted by Crippen LogP contribution is -2.45. The lowest BCUT2D eigenvalue weighted by atomic mass is 10.1. The molecule has 0 aliphatic carbocycles. The summed E-state index contributed by atoms with van der Waals surface area (Å²) in [5, 5.41) is 2.42. The van der Waals surface area contributed by atoms with Crippen LogP contribution in [0.2, 0.25) is 5.02 Å². The third-order valence-electron chi connectivity index (χ3n) is 3.02. The van der Waals surface area contributed by atoms with Gasteiger partial charge in [-0.05, 0) is 37.5 Å². The number of amides is 1. The molecule has 0 radical (unpaired) electrons. The number of halogens is 2. The van der Waals surface area contributed by atoms with Crippen molar-refractivity contribution in [2.75, 3.05) is 6.54 Å². The van der Waals surface area contributed by atoms with Gasteiger partial charge in [0, 0.05) is 6.54 Å². The fraction of sp³-hybridized carbons (Fsp3) is 0.417. The highest BCUT2D eigenvalue weighted by Gasteiger charge is 2.28. The largest absolute Gasteiger partial charge is 0.355 e. The lowest BCUT2D eigenvalue weighted by Gasteiger charge is -2.16. The summed E-state index contributed by atoms with van der Waals surface area (Å²) in [5.41, 5.74) is 0. The Morgan fingerprint density at radius 3 is 2.80 bits per heavy atom. The minimum absolute atomic E-state index is 0.216. The van der Waals surface area contributed by atoms with Gasteiger partial charge >= 0.3 is 0 Å². The fourth-order valence-corrected chi connectivity index (χ4v) is 3.76. The van der Waals surface area contributed by atoms with Crippen molar-refractivity contribution >= 4 is 27.5 Å². The van der Waals surface area contributed by atoms with Gasteiger partial charge in [-0.2, -0.15) is 4.72 Å². The van der Waals surface area contributed by atoms with Gasteiger partial charge in [-0.15, -0.1) is 0 Å². The molecule has 1 atom stereocenters. The van der Waals surface area contributed by atoms with Gasteiger partial charge in [-0.1, -0.05) is 11.6 Å². The Labute approximate surface area is 121 Å². The normalized spacial score (nSPS) is 20.3. The van der Waals surface area contributed by atoms with E-state index in [1.807, 2.05) is 0 Å². The van der Waals surface area contributed by atoms with Crippen LogP contribution in [0.4, 0.5) is 4.39 Å². The molecular weight excluding hydrogens is 307 g/mol. The Bertz CT molecular complexity index is 621. The smallest absolute Gasteiger partial charge is 0.242 e. The molecule has 0 spiro atoms. The SMILES string of the molecule is O=C1NCCCC[C@@H]1NS(=O)(=O)c1ccc(F)cc1Cl. The van der Waals surface area contributed by atoms with E-state index in [0.717, 1.165) is 31.0 Å². The van der Waals surface area contributed by atoms with Crippen molar-refractivity contribution < 1.29 is 17.6 Å². The van der Waals surface area contributed by atoms with E-state index >= 15 is 0 Å².